The summed E-state index contributed by atoms with van der Waals surface area (Å²) in [6.45, 7) is 10.2. The van der Waals surface area contributed by atoms with Gasteiger partial charge in [-0.05, 0) is 37.6 Å². The van der Waals surface area contributed by atoms with E-state index in [1.165, 1.54) is 22.5 Å². The molecular formula is C20H25NO2S2. The third kappa shape index (κ3) is 5.72. The number of rotatable bonds is 6. The second-order valence-corrected chi connectivity index (χ2v) is 9.36. The monoisotopic (exact) mass is 375 g/mol. The number of ketones is 1. The van der Waals surface area contributed by atoms with Crippen LogP contribution in [0.4, 0.5) is 0 Å². The number of hydrogen-bond donors (Lipinski definition) is 1. The molecule has 1 amide bonds. The molecule has 2 rings (SSSR count). The Morgan fingerprint density at radius 2 is 1.84 bits per heavy atom. The average molecular weight is 376 g/mol. The molecule has 0 aliphatic heterocycles. The van der Waals surface area contributed by atoms with Crippen LogP contribution in [-0.4, -0.2) is 17.4 Å². The number of amides is 1. The number of thioether (sulfide) groups is 1. The molecule has 0 saturated heterocycles. The van der Waals surface area contributed by atoms with E-state index in [1.54, 1.807) is 11.8 Å². The van der Waals surface area contributed by atoms with E-state index < -0.39 is 5.41 Å². The van der Waals surface area contributed by atoms with Gasteiger partial charge in [0.2, 0.25) is 5.91 Å². The Hall–Kier alpha value is -1.59. The third-order valence-corrected chi connectivity index (χ3v) is 6.03. The number of benzene rings is 1. The van der Waals surface area contributed by atoms with Gasteiger partial charge in [-0.3, -0.25) is 9.59 Å². The molecule has 0 aliphatic rings. The Morgan fingerprint density at radius 3 is 2.52 bits per heavy atom. The summed E-state index contributed by atoms with van der Waals surface area (Å²) in [7, 11) is 0. The largest absolute Gasteiger partial charge is 0.351 e. The molecular weight excluding hydrogens is 350 g/mol. The average Bonchev–Trinajstić information content (AvgIpc) is 3.01. The van der Waals surface area contributed by atoms with Crippen molar-refractivity contribution in [3.63, 3.8) is 0 Å². The molecule has 1 heterocycles. The quantitative estimate of drug-likeness (QED) is 0.571. The highest BCUT2D eigenvalue weighted by Crippen LogP contribution is 2.26. The number of nitrogens with one attached hydrogen (secondary N) is 1. The van der Waals surface area contributed by atoms with Gasteiger partial charge in [0.25, 0.3) is 0 Å². The third-order valence-electron chi connectivity index (χ3n) is 3.74. The maximum Gasteiger partial charge on any atom is 0.225 e. The van der Waals surface area contributed by atoms with E-state index in [-0.39, 0.29) is 11.7 Å². The van der Waals surface area contributed by atoms with Crippen LogP contribution in [0.15, 0.2) is 35.2 Å². The van der Waals surface area contributed by atoms with Gasteiger partial charge in [-0.15, -0.1) is 23.1 Å². The van der Waals surface area contributed by atoms with Crippen molar-refractivity contribution in [3.8, 4) is 0 Å². The number of carbonyl (C=O) groups excluding carboxylic acids is 2. The van der Waals surface area contributed by atoms with Gasteiger partial charge in [-0.25, -0.2) is 0 Å². The molecule has 0 radical (unpaired) electrons. The van der Waals surface area contributed by atoms with Crippen LogP contribution in [-0.2, 0) is 11.3 Å². The molecule has 0 spiro atoms. The highest BCUT2D eigenvalue weighted by atomic mass is 32.2. The second kappa shape index (κ2) is 8.19. The number of aryl methyl sites for hydroxylation is 2. The van der Waals surface area contributed by atoms with Gasteiger partial charge in [0.1, 0.15) is 0 Å². The van der Waals surface area contributed by atoms with Crippen LogP contribution >= 0.6 is 23.1 Å². The van der Waals surface area contributed by atoms with E-state index in [0.29, 0.717) is 12.3 Å². The van der Waals surface area contributed by atoms with Gasteiger partial charge in [-0.1, -0.05) is 38.5 Å². The molecule has 2 aromatic rings. The zero-order valence-electron chi connectivity index (χ0n) is 15.4. The number of hydrogen-bond acceptors (Lipinski definition) is 4. The van der Waals surface area contributed by atoms with Gasteiger partial charge >= 0.3 is 0 Å². The maximum atomic E-state index is 12.4. The summed E-state index contributed by atoms with van der Waals surface area (Å²) < 4.78 is 0. The molecule has 5 heteroatoms. The summed E-state index contributed by atoms with van der Waals surface area (Å²) in [4.78, 5) is 27.2. The van der Waals surface area contributed by atoms with Gasteiger partial charge in [0.05, 0.1) is 17.2 Å². The van der Waals surface area contributed by atoms with Crippen LogP contribution in [0.25, 0.3) is 0 Å². The molecule has 0 fully saturated rings. The van der Waals surface area contributed by atoms with Crippen LogP contribution in [0.1, 0.15) is 46.4 Å². The summed E-state index contributed by atoms with van der Waals surface area (Å²) in [6, 6.07) is 10.1. The van der Waals surface area contributed by atoms with Crippen LogP contribution in [0.2, 0.25) is 0 Å². The van der Waals surface area contributed by atoms with Crippen LogP contribution in [0.5, 0.6) is 0 Å². The minimum Gasteiger partial charge on any atom is -0.351 e. The smallest absolute Gasteiger partial charge is 0.225 e. The fourth-order valence-corrected chi connectivity index (χ4v) is 4.12. The van der Waals surface area contributed by atoms with Crippen molar-refractivity contribution in [1.29, 1.82) is 0 Å². The van der Waals surface area contributed by atoms with Crippen LogP contribution in [0, 0.1) is 19.3 Å². The summed E-state index contributed by atoms with van der Waals surface area (Å²) in [5.74, 6) is 0.571. The van der Waals surface area contributed by atoms with E-state index >= 15 is 0 Å². The van der Waals surface area contributed by atoms with E-state index in [1.807, 2.05) is 32.9 Å². The van der Waals surface area contributed by atoms with Gasteiger partial charge in [-0.2, -0.15) is 0 Å². The Kier molecular flexibility index (Phi) is 6.47. The molecule has 0 saturated carbocycles. The first kappa shape index (κ1) is 19.7. The lowest BCUT2D eigenvalue weighted by molar-refractivity contribution is -0.128. The van der Waals surface area contributed by atoms with E-state index in [0.717, 1.165) is 14.6 Å². The van der Waals surface area contributed by atoms with E-state index in [9.17, 15) is 9.59 Å². The number of Topliss-reactive ketones (excluding diaryl/α,β-unsaturated/α-hetero) is 1. The minimum absolute atomic E-state index is 0.0132. The van der Waals surface area contributed by atoms with Crippen molar-refractivity contribution in [2.75, 3.05) is 5.75 Å². The normalized spacial score (nSPS) is 11.4. The van der Waals surface area contributed by atoms with Crippen molar-refractivity contribution >= 4 is 34.8 Å². The molecule has 0 atom stereocenters. The molecule has 134 valence electrons. The van der Waals surface area contributed by atoms with Crippen LogP contribution in [0.3, 0.4) is 0 Å². The topological polar surface area (TPSA) is 46.2 Å². The Bertz CT molecular complexity index is 772. The molecule has 1 N–H and O–H groups in total. The number of carbonyl (C=O) groups is 2. The van der Waals surface area contributed by atoms with Crippen molar-refractivity contribution in [2.24, 2.45) is 5.41 Å². The predicted molar refractivity (Wildman–Crippen MR) is 107 cm³/mol. The van der Waals surface area contributed by atoms with Crippen molar-refractivity contribution < 1.29 is 9.59 Å². The zero-order chi connectivity index (χ0) is 18.6. The van der Waals surface area contributed by atoms with Crippen molar-refractivity contribution in [3.05, 3.63) is 51.2 Å². The molecule has 0 aliphatic carbocycles. The fourth-order valence-electron chi connectivity index (χ4n) is 2.13. The molecule has 0 bridgehead atoms. The first-order chi connectivity index (χ1) is 11.7. The molecule has 3 nitrogen and oxygen atoms in total. The van der Waals surface area contributed by atoms with Crippen molar-refractivity contribution in [1.82, 2.24) is 5.32 Å². The highest BCUT2D eigenvalue weighted by Gasteiger charge is 2.21. The lowest BCUT2D eigenvalue weighted by atomic mass is 9.96. The summed E-state index contributed by atoms with van der Waals surface area (Å²) >= 11 is 3.04. The number of thiophene rings is 1. The zero-order valence-corrected chi connectivity index (χ0v) is 17.1. The minimum atomic E-state index is -0.405. The lowest BCUT2D eigenvalue weighted by Gasteiger charge is -2.17. The summed E-state index contributed by atoms with van der Waals surface area (Å²) in [5.41, 5.74) is 1.99. The Labute approximate surface area is 158 Å². The van der Waals surface area contributed by atoms with Crippen molar-refractivity contribution in [2.45, 2.75) is 46.1 Å². The SMILES string of the molecule is Cc1ccc(C)c(SCC(=O)c2ccc(CNC(=O)C(C)(C)C)s2)c1. The standard InChI is InChI=1S/C20H25NO2S2/c1-13-6-7-14(2)18(10-13)24-12-16(22)17-9-8-15(25-17)11-21-19(23)20(3,4)5/h6-10H,11-12H2,1-5H3,(H,21,23). The highest BCUT2D eigenvalue weighted by molar-refractivity contribution is 8.00. The van der Waals surface area contributed by atoms with Gasteiger partial charge < -0.3 is 5.32 Å². The fraction of sp³-hybridized carbons (Fsp3) is 0.400. The van der Waals surface area contributed by atoms with Gasteiger partial charge in [0, 0.05) is 15.2 Å². The van der Waals surface area contributed by atoms with E-state index in [4.69, 9.17) is 0 Å². The second-order valence-electron chi connectivity index (χ2n) is 7.18. The first-order valence-corrected chi connectivity index (χ1v) is 10.1. The Balaban J connectivity index is 1.92. The summed E-state index contributed by atoms with van der Waals surface area (Å²) in [6.07, 6.45) is 0. The Morgan fingerprint density at radius 1 is 1.12 bits per heavy atom. The molecule has 1 aromatic carbocycles. The van der Waals surface area contributed by atoms with Crippen LogP contribution < -0.4 is 5.32 Å². The lowest BCUT2D eigenvalue weighted by Crippen LogP contribution is -2.34. The molecule has 1 aromatic heterocycles. The molecule has 0 unspecified atom stereocenters. The molecule has 25 heavy (non-hydrogen) atoms. The van der Waals surface area contributed by atoms with Gasteiger partial charge in [0.15, 0.2) is 5.78 Å². The predicted octanol–water partition coefficient (Wildman–Crippen LogP) is 5.00. The first-order valence-electron chi connectivity index (χ1n) is 8.27. The summed E-state index contributed by atoms with van der Waals surface area (Å²) in [5, 5.41) is 2.92. The van der Waals surface area contributed by atoms with E-state index in [2.05, 4.69) is 37.4 Å². The maximum absolute atomic E-state index is 12.4.